The molecular formula is C21H33BrO. The van der Waals surface area contributed by atoms with Crippen LogP contribution >= 0.6 is 15.9 Å². The van der Waals surface area contributed by atoms with Crippen molar-refractivity contribution in [1.29, 1.82) is 0 Å². The lowest BCUT2D eigenvalue weighted by Crippen LogP contribution is -2.60. The number of ketones is 1. The second-order valence-electron chi connectivity index (χ2n) is 10.4. The van der Waals surface area contributed by atoms with Gasteiger partial charge in [-0.05, 0) is 78.4 Å². The average molecular weight is 381 g/mol. The van der Waals surface area contributed by atoms with Gasteiger partial charge in [0.05, 0.1) is 4.83 Å². The van der Waals surface area contributed by atoms with Gasteiger partial charge >= 0.3 is 0 Å². The lowest BCUT2D eigenvalue weighted by molar-refractivity contribution is -0.156. The van der Waals surface area contributed by atoms with Crippen molar-refractivity contribution in [2.24, 2.45) is 39.9 Å². The van der Waals surface area contributed by atoms with Crippen LogP contribution in [-0.4, -0.2) is 10.6 Å². The van der Waals surface area contributed by atoms with Gasteiger partial charge in [-0.15, -0.1) is 0 Å². The van der Waals surface area contributed by atoms with E-state index in [1.807, 2.05) is 0 Å². The van der Waals surface area contributed by atoms with Crippen LogP contribution in [0.2, 0.25) is 0 Å². The highest BCUT2D eigenvalue weighted by molar-refractivity contribution is 9.10. The Balaban J connectivity index is 1.70. The monoisotopic (exact) mass is 380 g/mol. The van der Waals surface area contributed by atoms with Gasteiger partial charge in [-0.1, -0.05) is 50.0 Å². The van der Waals surface area contributed by atoms with E-state index in [0.29, 0.717) is 17.1 Å². The molecule has 4 saturated carbocycles. The van der Waals surface area contributed by atoms with E-state index in [-0.39, 0.29) is 15.7 Å². The van der Waals surface area contributed by atoms with Crippen LogP contribution in [0.3, 0.4) is 0 Å². The van der Waals surface area contributed by atoms with Crippen molar-refractivity contribution < 1.29 is 4.79 Å². The molecule has 0 unspecified atom stereocenters. The zero-order valence-electron chi connectivity index (χ0n) is 15.3. The topological polar surface area (TPSA) is 17.1 Å². The smallest absolute Gasteiger partial charge is 0.147 e. The van der Waals surface area contributed by atoms with Crippen LogP contribution in [0, 0.1) is 39.9 Å². The molecule has 4 rings (SSSR count). The number of carbonyl (C=O) groups is 1. The molecule has 1 nitrogen and oxygen atoms in total. The molecule has 0 saturated heterocycles. The van der Waals surface area contributed by atoms with Gasteiger partial charge in [0.25, 0.3) is 0 Å². The van der Waals surface area contributed by atoms with Gasteiger partial charge in [0, 0.05) is 6.42 Å². The van der Waals surface area contributed by atoms with Crippen molar-refractivity contribution >= 4 is 21.7 Å². The molecule has 0 aromatic carbocycles. The van der Waals surface area contributed by atoms with E-state index < -0.39 is 0 Å². The Hall–Kier alpha value is 0.150. The molecule has 0 amide bonds. The Morgan fingerprint density at radius 3 is 2.43 bits per heavy atom. The zero-order valence-corrected chi connectivity index (χ0v) is 16.9. The first-order valence-corrected chi connectivity index (χ1v) is 10.8. The van der Waals surface area contributed by atoms with Crippen LogP contribution < -0.4 is 0 Å². The van der Waals surface area contributed by atoms with E-state index in [1.54, 1.807) is 0 Å². The van der Waals surface area contributed by atoms with Crippen molar-refractivity contribution in [2.45, 2.75) is 83.9 Å². The number of carbonyl (C=O) groups excluding carboxylic acids is 1. The second kappa shape index (κ2) is 5.08. The fraction of sp³-hybridized carbons (Fsp3) is 0.952. The Bertz CT molecular complexity index is 526. The standard InChI is InChI=1S/C21H33BrO/c1-19(2)17-8-7-13-14-6-5-10-20(14,3)11-9-15(13)21(17,4)12-16(23)18(19)22/h13-15,17-18H,5-12H2,1-4H3/t13-,14+,15-,17-,18+,20+,21-/m0/s1. The molecule has 4 fully saturated rings. The molecule has 0 radical (unpaired) electrons. The number of hydrogen-bond donors (Lipinski definition) is 0. The third kappa shape index (κ3) is 2.12. The maximum absolute atomic E-state index is 12.8. The van der Waals surface area contributed by atoms with Crippen LogP contribution in [0.5, 0.6) is 0 Å². The van der Waals surface area contributed by atoms with Gasteiger partial charge in [-0.25, -0.2) is 0 Å². The summed E-state index contributed by atoms with van der Waals surface area (Å²) < 4.78 is 0. The first-order chi connectivity index (χ1) is 10.7. The number of rotatable bonds is 0. The molecule has 130 valence electrons. The van der Waals surface area contributed by atoms with Crippen LogP contribution in [-0.2, 0) is 4.79 Å². The third-order valence-electron chi connectivity index (χ3n) is 9.04. The van der Waals surface area contributed by atoms with E-state index in [1.165, 1.54) is 44.9 Å². The van der Waals surface area contributed by atoms with Gasteiger partial charge in [-0.3, -0.25) is 4.79 Å². The summed E-state index contributed by atoms with van der Waals surface area (Å²) >= 11 is 3.75. The molecule has 0 heterocycles. The van der Waals surface area contributed by atoms with E-state index in [9.17, 15) is 4.79 Å². The lowest BCUT2D eigenvalue weighted by atomic mass is 9.41. The van der Waals surface area contributed by atoms with E-state index in [0.717, 1.165) is 24.2 Å². The molecule has 4 aliphatic carbocycles. The molecule has 0 bridgehead atoms. The number of hydrogen-bond acceptors (Lipinski definition) is 1. The van der Waals surface area contributed by atoms with E-state index in [4.69, 9.17) is 0 Å². The Morgan fingerprint density at radius 2 is 1.70 bits per heavy atom. The Kier molecular flexibility index (Phi) is 3.67. The largest absolute Gasteiger partial charge is 0.298 e. The maximum Gasteiger partial charge on any atom is 0.147 e. The van der Waals surface area contributed by atoms with Crippen LogP contribution in [0.1, 0.15) is 79.1 Å². The van der Waals surface area contributed by atoms with Gasteiger partial charge in [0.1, 0.15) is 5.78 Å². The average Bonchev–Trinajstić information content (AvgIpc) is 2.86. The molecule has 0 spiro atoms. The van der Waals surface area contributed by atoms with Crippen molar-refractivity contribution in [3.8, 4) is 0 Å². The highest BCUT2D eigenvalue weighted by Gasteiger charge is 2.63. The van der Waals surface area contributed by atoms with Crippen molar-refractivity contribution in [1.82, 2.24) is 0 Å². The first-order valence-electron chi connectivity index (χ1n) is 9.87. The SMILES string of the molecule is CC1(C)[C@H](Br)C(=O)C[C@@]2(C)[C@H]3CC[C@@]4(C)CCC[C@@H]4[C@@H]3CC[C@@H]12. The summed E-state index contributed by atoms with van der Waals surface area (Å²) in [5.74, 6) is 3.80. The molecule has 0 aromatic rings. The molecular weight excluding hydrogens is 348 g/mol. The van der Waals surface area contributed by atoms with Crippen molar-refractivity contribution in [3.05, 3.63) is 0 Å². The molecule has 2 heteroatoms. The summed E-state index contributed by atoms with van der Waals surface area (Å²) in [6.07, 6.45) is 10.7. The number of alkyl halides is 1. The maximum atomic E-state index is 12.8. The summed E-state index contributed by atoms with van der Waals surface area (Å²) in [6, 6.07) is 0. The fourth-order valence-electron chi connectivity index (χ4n) is 7.98. The summed E-state index contributed by atoms with van der Waals surface area (Å²) in [5.41, 5.74) is 0.972. The quantitative estimate of drug-likeness (QED) is 0.471. The van der Waals surface area contributed by atoms with Crippen LogP contribution in [0.25, 0.3) is 0 Å². The van der Waals surface area contributed by atoms with E-state index >= 15 is 0 Å². The first kappa shape index (κ1) is 16.6. The van der Waals surface area contributed by atoms with Gasteiger partial charge in [-0.2, -0.15) is 0 Å². The molecule has 4 aliphatic rings. The zero-order chi connectivity index (χ0) is 16.6. The Labute approximate surface area is 150 Å². The molecule has 0 aromatic heterocycles. The number of halogens is 1. The predicted octanol–water partition coefficient (Wildman–Crippen LogP) is 6.00. The molecule has 7 atom stereocenters. The van der Waals surface area contributed by atoms with Crippen molar-refractivity contribution in [3.63, 3.8) is 0 Å². The minimum atomic E-state index is 0.0601. The normalized spacial score (nSPS) is 55.0. The van der Waals surface area contributed by atoms with Gasteiger partial charge in [0.2, 0.25) is 0 Å². The van der Waals surface area contributed by atoms with Crippen LogP contribution in [0.15, 0.2) is 0 Å². The molecule has 23 heavy (non-hydrogen) atoms. The third-order valence-corrected chi connectivity index (χ3v) is 10.7. The number of Topliss-reactive ketones (excluding diaryl/α,β-unsaturated/α-hetero) is 1. The number of fused-ring (bicyclic) bond motifs is 5. The highest BCUT2D eigenvalue weighted by Crippen LogP contribution is 2.68. The second-order valence-corrected chi connectivity index (χ2v) is 11.3. The predicted molar refractivity (Wildman–Crippen MR) is 98.6 cm³/mol. The summed E-state index contributed by atoms with van der Waals surface area (Å²) in [5, 5.41) is 0. The minimum absolute atomic E-state index is 0.0601. The highest BCUT2D eigenvalue weighted by atomic mass is 79.9. The lowest BCUT2D eigenvalue weighted by Gasteiger charge is -2.63. The summed E-state index contributed by atoms with van der Waals surface area (Å²) in [6.45, 7) is 9.74. The summed E-state index contributed by atoms with van der Waals surface area (Å²) in [7, 11) is 0. The fourth-order valence-corrected chi connectivity index (χ4v) is 8.46. The molecule has 0 aliphatic heterocycles. The summed E-state index contributed by atoms with van der Waals surface area (Å²) in [4.78, 5) is 12.8. The van der Waals surface area contributed by atoms with Gasteiger partial charge in [0.15, 0.2) is 0 Å². The van der Waals surface area contributed by atoms with Crippen molar-refractivity contribution in [2.75, 3.05) is 0 Å². The van der Waals surface area contributed by atoms with E-state index in [2.05, 4.69) is 43.6 Å². The Morgan fingerprint density at radius 1 is 0.957 bits per heavy atom. The van der Waals surface area contributed by atoms with Gasteiger partial charge < -0.3 is 0 Å². The van der Waals surface area contributed by atoms with Crippen LogP contribution in [0.4, 0.5) is 0 Å². The minimum Gasteiger partial charge on any atom is -0.298 e. The molecule has 0 N–H and O–H groups in total.